The first-order chi connectivity index (χ1) is 19.0. The van der Waals surface area contributed by atoms with Crippen molar-refractivity contribution >= 4 is 5.97 Å². The summed E-state index contributed by atoms with van der Waals surface area (Å²) in [5, 5.41) is 55.7. The lowest BCUT2D eigenvalue weighted by molar-refractivity contribution is -0.314. The van der Waals surface area contributed by atoms with Crippen LogP contribution in [0.2, 0.25) is 0 Å². The lowest BCUT2D eigenvalue weighted by atomic mass is 9.43. The van der Waals surface area contributed by atoms with Gasteiger partial charge in [-0.25, -0.2) is 4.79 Å². The molecule has 0 radical (unpaired) electrons. The number of rotatable bonds is 5. The zero-order chi connectivity index (χ0) is 28.6. The first-order valence-electron chi connectivity index (χ1n) is 15.1. The van der Waals surface area contributed by atoms with Gasteiger partial charge < -0.3 is 44.5 Å². The maximum atomic E-state index is 12.4. The van der Waals surface area contributed by atoms with Gasteiger partial charge in [0.15, 0.2) is 6.29 Å². The normalized spacial score (nSPS) is 54.2. The predicted molar refractivity (Wildman–Crippen MR) is 141 cm³/mol. The molecule has 0 aromatic rings. The van der Waals surface area contributed by atoms with E-state index in [1.165, 1.54) is 13.2 Å². The molecule has 10 heteroatoms. The number of fused-ring (bicyclic) bond motifs is 5. The van der Waals surface area contributed by atoms with E-state index in [0.717, 1.165) is 37.7 Å². The van der Waals surface area contributed by atoms with E-state index in [1.54, 1.807) is 6.92 Å². The van der Waals surface area contributed by atoms with Crippen LogP contribution >= 0.6 is 0 Å². The predicted octanol–water partition coefficient (Wildman–Crippen LogP) is 1.05. The summed E-state index contributed by atoms with van der Waals surface area (Å²) in [7, 11) is 1.45. The third kappa shape index (κ3) is 4.08. The number of hydrogen-bond acceptors (Lipinski definition) is 10. The van der Waals surface area contributed by atoms with Crippen molar-refractivity contribution in [3.8, 4) is 0 Å². The molecule has 1 saturated heterocycles. The van der Waals surface area contributed by atoms with Crippen LogP contribution in [0.15, 0.2) is 11.6 Å². The molecule has 0 amide bonds. The standard InChI is InChI=1S/C30H46O10/c1-15-24(34)26(37-3)25(35)27(39-15)40-18-6-9-29(14-31)17(11-18)4-5-20-19(29)7-8-28(2)23(16-10-22(33)38-13-16)21(32)12-30(20,28)36/h10,15,17-21,23-27,31-32,34-36H,4-9,11-14H2,1-3H3/t15-,17-,18+,19-,20-,21+,23+,24+,25-,26+,27+,28-,29-,30+/m1/s1. The largest absolute Gasteiger partial charge is 0.458 e. The summed E-state index contributed by atoms with van der Waals surface area (Å²) < 4.78 is 22.6. The van der Waals surface area contributed by atoms with E-state index in [9.17, 15) is 30.3 Å². The van der Waals surface area contributed by atoms with Crippen molar-refractivity contribution < 1.29 is 49.3 Å². The topological polar surface area (TPSA) is 155 Å². The number of carbonyl (C=O) groups is 1. The molecule has 10 nitrogen and oxygen atoms in total. The minimum absolute atomic E-state index is 0.0371. The number of esters is 1. The first-order valence-corrected chi connectivity index (χ1v) is 15.1. The van der Waals surface area contributed by atoms with Gasteiger partial charge in [0.1, 0.15) is 24.9 Å². The Hall–Kier alpha value is -1.11. The Morgan fingerprint density at radius 3 is 2.52 bits per heavy atom. The van der Waals surface area contributed by atoms with Crippen LogP contribution in [0.25, 0.3) is 0 Å². The van der Waals surface area contributed by atoms with Crippen LogP contribution in [0.5, 0.6) is 0 Å². The van der Waals surface area contributed by atoms with Gasteiger partial charge in [-0.15, -0.1) is 0 Å². The quantitative estimate of drug-likeness (QED) is 0.241. The van der Waals surface area contributed by atoms with Crippen LogP contribution in [0.3, 0.4) is 0 Å². The van der Waals surface area contributed by atoms with Crippen molar-refractivity contribution in [3.05, 3.63) is 11.6 Å². The van der Waals surface area contributed by atoms with Crippen molar-refractivity contribution in [2.75, 3.05) is 20.3 Å². The first kappa shape index (κ1) is 29.0. The van der Waals surface area contributed by atoms with E-state index in [2.05, 4.69) is 6.92 Å². The summed E-state index contributed by atoms with van der Waals surface area (Å²) in [5.74, 6) is -0.461. The Kier molecular flexibility index (Phi) is 7.43. The fourth-order valence-corrected chi connectivity index (χ4v) is 10.3. The Bertz CT molecular complexity index is 1020. The summed E-state index contributed by atoms with van der Waals surface area (Å²) in [6, 6.07) is 0. The zero-order valence-electron chi connectivity index (χ0n) is 23.8. The van der Waals surface area contributed by atoms with Crippen LogP contribution in [-0.2, 0) is 23.7 Å². The van der Waals surface area contributed by atoms with Crippen LogP contribution in [0.1, 0.15) is 65.2 Å². The van der Waals surface area contributed by atoms with Crippen molar-refractivity contribution in [2.45, 2.75) is 114 Å². The van der Waals surface area contributed by atoms with E-state index in [4.69, 9.17) is 18.9 Å². The van der Waals surface area contributed by atoms with Gasteiger partial charge in [-0.3, -0.25) is 0 Å². The molecule has 0 bridgehead atoms. The van der Waals surface area contributed by atoms with Crippen LogP contribution in [-0.4, -0.2) is 100 Å². The van der Waals surface area contributed by atoms with Crippen molar-refractivity contribution in [3.63, 3.8) is 0 Å². The lowest BCUT2D eigenvalue weighted by Crippen LogP contribution is -2.64. The molecule has 0 unspecified atom stereocenters. The molecule has 4 aliphatic carbocycles. The van der Waals surface area contributed by atoms with Gasteiger partial charge in [0.2, 0.25) is 0 Å². The molecular weight excluding hydrogens is 520 g/mol. The molecule has 0 aromatic heterocycles. The van der Waals surface area contributed by atoms with Gasteiger partial charge in [-0.05, 0) is 80.6 Å². The van der Waals surface area contributed by atoms with Crippen LogP contribution in [0.4, 0.5) is 0 Å². The molecule has 5 fully saturated rings. The number of cyclic esters (lactones) is 1. The van der Waals surface area contributed by atoms with Gasteiger partial charge in [-0.2, -0.15) is 0 Å². The zero-order valence-corrected chi connectivity index (χ0v) is 23.8. The molecule has 0 spiro atoms. The van der Waals surface area contributed by atoms with E-state index in [1.807, 2.05) is 0 Å². The number of hydrogen-bond donors (Lipinski definition) is 5. The second-order valence-corrected chi connectivity index (χ2v) is 13.8. The average molecular weight is 567 g/mol. The average Bonchev–Trinajstić information content (AvgIpc) is 3.43. The van der Waals surface area contributed by atoms with Crippen LogP contribution in [0, 0.1) is 34.5 Å². The molecule has 14 atom stereocenters. The van der Waals surface area contributed by atoms with Crippen molar-refractivity contribution in [1.82, 2.24) is 0 Å². The second-order valence-electron chi connectivity index (χ2n) is 13.8. The molecule has 6 aliphatic rings. The molecule has 6 rings (SSSR count). The molecule has 2 aliphatic heterocycles. The smallest absolute Gasteiger partial charge is 0.331 e. The van der Waals surface area contributed by atoms with Crippen LogP contribution < -0.4 is 0 Å². The highest BCUT2D eigenvalue weighted by Gasteiger charge is 2.70. The highest BCUT2D eigenvalue weighted by molar-refractivity contribution is 5.85. The van der Waals surface area contributed by atoms with Crippen molar-refractivity contribution in [2.24, 2.45) is 34.5 Å². The number of ether oxygens (including phenoxy) is 4. The molecule has 5 N–H and O–H groups in total. The van der Waals surface area contributed by atoms with Gasteiger partial charge in [0, 0.05) is 37.5 Å². The van der Waals surface area contributed by atoms with Gasteiger partial charge in [0.05, 0.1) is 23.9 Å². The Morgan fingerprint density at radius 1 is 1.07 bits per heavy atom. The number of aliphatic hydroxyl groups excluding tert-OH is 4. The van der Waals surface area contributed by atoms with E-state index in [-0.39, 0.29) is 60.8 Å². The summed E-state index contributed by atoms with van der Waals surface area (Å²) in [5.41, 5.74) is -1.24. The summed E-state index contributed by atoms with van der Waals surface area (Å²) in [6.07, 6.45) is 1.86. The fraction of sp³-hybridized carbons (Fsp3) is 0.900. The van der Waals surface area contributed by atoms with Gasteiger partial charge >= 0.3 is 5.97 Å². The Labute approximate surface area is 235 Å². The van der Waals surface area contributed by atoms with E-state index < -0.39 is 47.8 Å². The second kappa shape index (κ2) is 10.3. The number of methoxy groups -OCH3 is 1. The minimum atomic E-state index is -1.11. The number of aliphatic hydroxyl groups is 5. The Balaban J connectivity index is 1.20. The molecule has 2 heterocycles. The molecular formula is C30H46O10. The third-order valence-electron chi connectivity index (χ3n) is 12.3. The summed E-state index contributed by atoms with van der Waals surface area (Å²) in [4.78, 5) is 11.8. The van der Waals surface area contributed by atoms with Gasteiger partial charge in [-0.1, -0.05) is 6.92 Å². The molecule has 226 valence electrons. The third-order valence-corrected chi connectivity index (χ3v) is 12.3. The maximum Gasteiger partial charge on any atom is 0.331 e. The highest BCUT2D eigenvalue weighted by Crippen LogP contribution is 2.70. The van der Waals surface area contributed by atoms with Gasteiger partial charge in [0.25, 0.3) is 0 Å². The highest BCUT2D eigenvalue weighted by atomic mass is 16.7. The monoisotopic (exact) mass is 566 g/mol. The maximum absolute atomic E-state index is 12.4. The SMILES string of the molecule is CO[C@H]1[C@@H](O)[C@@H](C)O[C@@H](O[C@H]2CC[C@@]3(CO)[C@H](CC[C@@H]4[C@H]3CC[C@]3(C)[C@@H](C5=CC(=O)OC5)[C@@H](O)C[C@]43O)C2)[C@@H]1O. The van der Waals surface area contributed by atoms with Crippen molar-refractivity contribution in [1.29, 1.82) is 0 Å². The summed E-state index contributed by atoms with van der Waals surface area (Å²) >= 11 is 0. The Morgan fingerprint density at radius 2 is 1.85 bits per heavy atom. The minimum Gasteiger partial charge on any atom is -0.458 e. The lowest BCUT2D eigenvalue weighted by Gasteiger charge is -2.64. The molecule has 0 aromatic carbocycles. The number of carbonyl (C=O) groups excluding carboxylic acids is 1. The molecule has 4 saturated carbocycles. The van der Waals surface area contributed by atoms with E-state index >= 15 is 0 Å². The fourth-order valence-electron chi connectivity index (χ4n) is 10.3. The summed E-state index contributed by atoms with van der Waals surface area (Å²) in [6.45, 7) is 4.01. The molecule has 40 heavy (non-hydrogen) atoms. The van der Waals surface area contributed by atoms with E-state index in [0.29, 0.717) is 12.8 Å².